The largest absolute Gasteiger partial charge is 0.327 e. The molecule has 3 fully saturated rings. The average molecular weight is 354 g/mol. The van der Waals surface area contributed by atoms with Gasteiger partial charge in [-0.2, -0.15) is 0 Å². The van der Waals surface area contributed by atoms with Crippen LogP contribution in [0.1, 0.15) is 63.4 Å². The van der Waals surface area contributed by atoms with E-state index in [0.717, 1.165) is 37.8 Å². The van der Waals surface area contributed by atoms with Gasteiger partial charge in [0.25, 0.3) is 0 Å². The number of hydrogen-bond donors (Lipinski definition) is 0. The Morgan fingerprint density at radius 3 is 2.31 bits per heavy atom. The van der Waals surface area contributed by atoms with Gasteiger partial charge in [0.1, 0.15) is 0 Å². The molecule has 0 aromatic heterocycles. The third-order valence-electron chi connectivity index (χ3n) is 6.55. The second-order valence-corrected chi connectivity index (χ2v) is 8.31. The summed E-state index contributed by atoms with van der Waals surface area (Å²) in [5.41, 5.74) is 1.03. The molecule has 3 amide bonds. The number of imide groups is 1. The summed E-state index contributed by atoms with van der Waals surface area (Å²) in [5.74, 6) is 0.680. The van der Waals surface area contributed by atoms with Crippen LogP contribution in [-0.2, 0) is 11.3 Å². The normalized spacial score (nSPS) is 27.5. The van der Waals surface area contributed by atoms with Crippen LogP contribution >= 0.6 is 0 Å². The van der Waals surface area contributed by atoms with Crippen molar-refractivity contribution in [3.63, 3.8) is 0 Å². The molecule has 4 rings (SSSR count). The summed E-state index contributed by atoms with van der Waals surface area (Å²) in [4.78, 5) is 30.0. The van der Waals surface area contributed by atoms with E-state index in [1.165, 1.54) is 37.0 Å². The van der Waals surface area contributed by atoms with Crippen LogP contribution in [0.5, 0.6) is 0 Å². The predicted octanol–water partition coefficient (Wildman–Crippen LogP) is 4.59. The van der Waals surface area contributed by atoms with Crippen molar-refractivity contribution in [2.75, 3.05) is 6.54 Å². The van der Waals surface area contributed by atoms with Gasteiger partial charge in [0.2, 0.25) is 5.91 Å². The Bertz CT molecular complexity index is 639. The third kappa shape index (κ3) is 3.51. The first-order valence-electron chi connectivity index (χ1n) is 10.4. The SMILES string of the molecule is O=C1C2CCCCC2N(CC2CCCCC2)C(=O)N1Cc1ccccc1. The Morgan fingerprint density at radius 1 is 0.846 bits per heavy atom. The van der Waals surface area contributed by atoms with E-state index in [1.807, 2.05) is 30.3 Å². The fraction of sp³-hybridized carbons (Fsp3) is 0.636. The van der Waals surface area contributed by atoms with Crippen molar-refractivity contribution in [3.05, 3.63) is 35.9 Å². The molecule has 1 saturated heterocycles. The summed E-state index contributed by atoms with van der Waals surface area (Å²) in [6, 6.07) is 9.99. The molecule has 1 aromatic rings. The van der Waals surface area contributed by atoms with E-state index in [2.05, 4.69) is 4.90 Å². The zero-order valence-electron chi connectivity index (χ0n) is 15.6. The van der Waals surface area contributed by atoms with Gasteiger partial charge >= 0.3 is 6.03 Å². The molecule has 1 heterocycles. The summed E-state index contributed by atoms with van der Waals surface area (Å²) in [6.45, 7) is 1.25. The molecule has 26 heavy (non-hydrogen) atoms. The fourth-order valence-corrected chi connectivity index (χ4v) is 5.14. The van der Waals surface area contributed by atoms with Gasteiger partial charge in [0.05, 0.1) is 12.5 Å². The quantitative estimate of drug-likeness (QED) is 0.793. The van der Waals surface area contributed by atoms with Crippen molar-refractivity contribution in [2.24, 2.45) is 11.8 Å². The van der Waals surface area contributed by atoms with Crippen molar-refractivity contribution in [2.45, 2.75) is 70.4 Å². The van der Waals surface area contributed by atoms with Gasteiger partial charge in [0, 0.05) is 12.6 Å². The molecular weight excluding hydrogens is 324 g/mol. The highest BCUT2D eigenvalue weighted by Gasteiger charge is 2.47. The Kier molecular flexibility index (Phi) is 5.28. The maximum absolute atomic E-state index is 13.3. The molecule has 2 saturated carbocycles. The van der Waals surface area contributed by atoms with Crippen molar-refractivity contribution in [1.82, 2.24) is 9.80 Å². The second-order valence-electron chi connectivity index (χ2n) is 8.31. The molecule has 0 spiro atoms. The van der Waals surface area contributed by atoms with Crippen molar-refractivity contribution < 1.29 is 9.59 Å². The van der Waals surface area contributed by atoms with Crippen LogP contribution in [0.15, 0.2) is 30.3 Å². The van der Waals surface area contributed by atoms with Gasteiger partial charge < -0.3 is 4.90 Å². The van der Waals surface area contributed by atoms with Crippen LogP contribution in [0.3, 0.4) is 0 Å². The number of benzene rings is 1. The molecule has 4 nitrogen and oxygen atoms in total. The maximum Gasteiger partial charge on any atom is 0.327 e. The first-order chi connectivity index (χ1) is 12.7. The van der Waals surface area contributed by atoms with Gasteiger partial charge in [-0.25, -0.2) is 4.79 Å². The molecular formula is C22H30N2O2. The number of carbonyl (C=O) groups is 2. The smallest absolute Gasteiger partial charge is 0.320 e. The monoisotopic (exact) mass is 354 g/mol. The summed E-state index contributed by atoms with van der Waals surface area (Å²) in [6.07, 6.45) is 10.5. The highest BCUT2D eigenvalue weighted by Crippen LogP contribution is 2.37. The van der Waals surface area contributed by atoms with Gasteiger partial charge in [-0.3, -0.25) is 9.69 Å². The minimum Gasteiger partial charge on any atom is -0.320 e. The number of carbonyl (C=O) groups excluding carboxylic acids is 2. The van der Waals surface area contributed by atoms with Gasteiger partial charge in [0.15, 0.2) is 0 Å². The molecule has 0 N–H and O–H groups in total. The summed E-state index contributed by atoms with van der Waals surface area (Å²) in [5, 5.41) is 0. The molecule has 0 radical (unpaired) electrons. The van der Waals surface area contributed by atoms with E-state index in [9.17, 15) is 9.59 Å². The van der Waals surface area contributed by atoms with Crippen LogP contribution in [-0.4, -0.2) is 34.3 Å². The highest BCUT2D eigenvalue weighted by atomic mass is 16.2. The van der Waals surface area contributed by atoms with Crippen molar-refractivity contribution in [1.29, 1.82) is 0 Å². The highest BCUT2D eigenvalue weighted by molar-refractivity contribution is 5.98. The lowest BCUT2D eigenvalue weighted by Gasteiger charge is -2.48. The van der Waals surface area contributed by atoms with E-state index in [0.29, 0.717) is 12.5 Å². The summed E-state index contributed by atoms with van der Waals surface area (Å²) in [7, 11) is 0. The Labute approximate surface area is 156 Å². The van der Waals surface area contributed by atoms with E-state index in [-0.39, 0.29) is 23.9 Å². The molecule has 2 aliphatic carbocycles. The molecule has 140 valence electrons. The number of amides is 3. The lowest BCUT2D eigenvalue weighted by atomic mass is 9.80. The number of nitrogens with zero attached hydrogens (tertiary/aromatic N) is 2. The molecule has 4 heteroatoms. The Morgan fingerprint density at radius 2 is 1.54 bits per heavy atom. The van der Waals surface area contributed by atoms with E-state index in [4.69, 9.17) is 0 Å². The first kappa shape index (κ1) is 17.6. The minimum absolute atomic E-state index is 0.00810. The molecule has 1 aliphatic heterocycles. The van der Waals surface area contributed by atoms with E-state index < -0.39 is 0 Å². The zero-order chi connectivity index (χ0) is 17.9. The molecule has 0 bridgehead atoms. The fourth-order valence-electron chi connectivity index (χ4n) is 5.14. The predicted molar refractivity (Wildman–Crippen MR) is 101 cm³/mol. The standard InChI is InChI=1S/C22H30N2O2/c25-21-19-13-7-8-14-20(19)23(15-17-9-3-1-4-10-17)22(26)24(21)16-18-11-5-2-6-12-18/h2,5-6,11-12,17,19-20H,1,3-4,7-10,13-16H2. The Hall–Kier alpha value is -1.84. The number of fused-ring (bicyclic) bond motifs is 1. The van der Waals surface area contributed by atoms with Crippen LogP contribution < -0.4 is 0 Å². The minimum atomic E-state index is -0.0485. The Balaban J connectivity index is 1.56. The summed E-state index contributed by atoms with van der Waals surface area (Å²) < 4.78 is 0. The summed E-state index contributed by atoms with van der Waals surface area (Å²) >= 11 is 0. The van der Waals surface area contributed by atoms with Crippen molar-refractivity contribution in [3.8, 4) is 0 Å². The number of urea groups is 1. The molecule has 3 aliphatic rings. The van der Waals surface area contributed by atoms with Gasteiger partial charge in [-0.15, -0.1) is 0 Å². The number of rotatable bonds is 4. The topological polar surface area (TPSA) is 40.6 Å². The van der Waals surface area contributed by atoms with Gasteiger partial charge in [-0.1, -0.05) is 62.4 Å². The third-order valence-corrected chi connectivity index (χ3v) is 6.55. The lowest BCUT2D eigenvalue weighted by Crippen LogP contribution is -2.62. The van der Waals surface area contributed by atoms with E-state index >= 15 is 0 Å². The van der Waals surface area contributed by atoms with E-state index in [1.54, 1.807) is 0 Å². The molecule has 1 aromatic carbocycles. The first-order valence-corrected chi connectivity index (χ1v) is 10.4. The zero-order valence-corrected chi connectivity index (χ0v) is 15.6. The lowest BCUT2D eigenvalue weighted by molar-refractivity contribution is -0.141. The average Bonchev–Trinajstić information content (AvgIpc) is 2.70. The van der Waals surface area contributed by atoms with Crippen LogP contribution in [0.2, 0.25) is 0 Å². The van der Waals surface area contributed by atoms with Crippen molar-refractivity contribution >= 4 is 11.9 Å². The molecule has 2 atom stereocenters. The van der Waals surface area contributed by atoms with Crippen LogP contribution in [0, 0.1) is 11.8 Å². The van der Waals surface area contributed by atoms with Crippen LogP contribution in [0.4, 0.5) is 4.79 Å². The maximum atomic E-state index is 13.3. The molecule has 2 unspecified atom stereocenters. The van der Waals surface area contributed by atoms with Crippen LogP contribution in [0.25, 0.3) is 0 Å². The number of hydrogen-bond acceptors (Lipinski definition) is 2. The van der Waals surface area contributed by atoms with Gasteiger partial charge in [-0.05, 0) is 37.2 Å². The second kappa shape index (κ2) is 7.81.